The summed E-state index contributed by atoms with van der Waals surface area (Å²) in [5.74, 6) is -0.205. The lowest BCUT2D eigenvalue weighted by atomic mass is 10.1. The van der Waals surface area contributed by atoms with Crippen LogP contribution in [0.15, 0.2) is 18.3 Å². The Hall–Kier alpha value is -0.980. The van der Waals surface area contributed by atoms with Gasteiger partial charge in [-0.2, -0.15) is 8.42 Å². The Balaban J connectivity index is 0.00000196. The lowest BCUT2D eigenvalue weighted by Crippen LogP contribution is -2.05. The Morgan fingerprint density at radius 1 is 1.47 bits per heavy atom. The van der Waals surface area contributed by atoms with Gasteiger partial charge in [0.05, 0.1) is 5.75 Å². The molecule has 86 valence electrons. The summed E-state index contributed by atoms with van der Waals surface area (Å²) in [5.41, 5.74) is 1.93. The number of rotatable bonds is 4. The normalized spacial score (nSPS) is 10.8. The second-order valence-corrected chi connectivity index (χ2v) is 4.73. The van der Waals surface area contributed by atoms with Gasteiger partial charge in [0.1, 0.15) is 0 Å². The predicted octanol–water partition coefficient (Wildman–Crippen LogP) is 0.386. The van der Waals surface area contributed by atoms with Crippen LogP contribution in [0, 0.1) is 6.92 Å². The van der Waals surface area contributed by atoms with Crippen molar-refractivity contribution in [1.29, 1.82) is 0 Å². The van der Waals surface area contributed by atoms with Crippen molar-refractivity contribution in [1.82, 2.24) is 4.98 Å². The first kappa shape index (κ1) is 14.0. The van der Waals surface area contributed by atoms with Gasteiger partial charge >= 0.3 is 0 Å². The van der Waals surface area contributed by atoms with Gasteiger partial charge in [-0.1, -0.05) is 6.07 Å². The number of pyridine rings is 1. The Labute approximate surface area is 89.2 Å². The summed E-state index contributed by atoms with van der Waals surface area (Å²) in [5, 5.41) is 0. The second-order valence-electron chi connectivity index (χ2n) is 3.16. The molecule has 0 fully saturated rings. The van der Waals surface area contributed by atoms with Crippen molar-refractivity contribution in [3.8, 4) is 0 Å². The Morgan fingerprint density at radius 2 is 2.13 bits per heavy atom. The van der Waals surface area contributed by atoms with Gasteiger partial charge in [-0.15, -0.1) is 0 Å². The average Bonchev–Trinajstić information content (AvgIpc) is 2.06. The Kier molecular flexibility index (Phi) is 5.41. The van der Waals surface area contributed by atoms with E-state index in [1.165, 1.54) is 0 Å². The van der Waals surface area contributed by atoms with E-state index in [1.807, 2.05) is 19.1 Å². The molecule has 0 bridgehead atoms. The molecule has 0 aromatic carbocycles. The minimum absolute atomic E-state index is 0. The fourth-order valence-electron chi connectivity index (χ4n) is 1.20. The van der Waals surface area contributed by atoms with Crippen molar-refractivity contribution in [3.63, 3.8) is 0 Å². The third-order valence-electron chi connectivity index (χ3n) is 1.93. The maximum absolute atomic E-state index is 10.4. The molecule has 0 saturated heterocycles. The van der Waals surface area contributed by atoms with E-state index in [0.29, 0.717) is 12.8 Å². The first-order chi connectivity index (χ1) is 6.49. The highest BCUT2D eigenvalue weighted by molar-refractivity contribution is 7.85. The second kappa shape index (κ2) is 5.79. The lowest BCUT2D eigenvalue weighted by Gasteiger charge is -2.02. The molecule has 1 aromatic rings. The summed E-state index contributed by atoms with van der Waals surface area (Å²) < 4.78 is 29.4. The molecule has 0 aliphatic carbocycles. The van der Waals surface area contributed by atoms with Crippen LogP contribution in [0.4, 0.5) is 0 Å². The highest BCUT2D eigenvalue weighted by Gasteiger charge is 2.05. The molecule has 0 atom stereocenters. The van der Waals surface area contributed by atoms with E-state index in [-0.39, 0.29) is 11.2 Å². The molecule has 0 radical (unpaired) electrons. The smallest absolute Gasteiger partial charge is 0.264 e. The van der Waals surface area contributed by atoms with Gasteiger partial charge in [0.25, 0.3) is 10.1 Å². The topological polar surface area (TPSA) is 98.8 Å². The van der Waals surface area contributed by atoms with Crippen LogP contribution < -0.4 is 0 Å². The summed E-state index contributed by atoms with van der Waals surface area (Å²) in [6, 6.07) is 3.76. The molecule has 5 nitrogen and oxygen atoms in total. The molecule has 3 N–H and O–H groups in total. The first-order valence-corrected chi connectivity index (χ1v) is 5.95. The maximum atomic E-state index is 10.4. The molecule has 1 rings (SSSR count). The molecule has 1 heterocycles. The van der Waals surface area contributed by atoms with Gasteiger partial charge in [0, 0.05) is 11.9 Å². The molecule has 0 aliphatic rings. The van der Waals surface area contributed by atoms with Crippen molar-refractivity contribution < 1.29 is 18.4 Å². The van der Waals surface area contributed by atoms with Gasteiger partial charge in [0.15, 0.2) is 0 Å². The molecule has 0 saturated carbocycles. The fourth-order valence-corrected chi connectivity index (χ4v) is 1.71. The molecule has 15 heavy (non-hydrogen) atoms. The first-order valence-electron chi connectivity index (χ1n) is 4.35. The number of aromatic nitrogens is 1. The van der Waals surface area contributed by atoms with Crippen molar-refractivity contribution >= 4 is 10.1 Å². The minimum atomic E-state index is -3.83. The molecular formula is C9H15NO4S. The number of hydrogen-bond donors (Lipinski definition) is 1. The Bertz CT molecular complexity index is 402. The minimum Gasteiger partial charge on any atom is -0.412 e. The van der Waals surface area contributed by atoms with Gasteiger partial charge in [-0.05, 0) is 31.4 Å². The molecule has 0 spiro atoms. The van der Waals surface area contributed by atoms with Crippen LogP contribution in [0.2, 0.25) is 0 Å². The van der Waals surface area contributed by atoms with Crippen molar-refractivity contribution in [2.45, 2.75) is 19.8 Å². The van der Waals surface area contributed by atoms with Crippen LogP contribution in [-0.2, 0) is 16.5 Å². The third-order valence-corrected chi connectivity index (χ3v) is 2.74. The van der Waals surface area contributed by atoms with E-state index in [2.05, 4.69) is 4.98 Å². The van der Waals surface area contributed by atoms with Crippen LogP contribution in [-0.4, -0.2) is 29.2 Å². The van der Waals surface area contributed by atoms with Crippen molar-refractivity contribution in [2.24, 2.45) is 0 Å². The van der Waals surface area contributed by atoms with Crippen molar-refractivity contribution in [2.75, 3.05) is 5.75 Å². The zero-order valence-corrected chi connectivity index (χ0v) is 9.29. The molecule has 1 aromatic heterocycles. The number of aryl methyl sites for hydroxylation is 2. The van der Waals surface area contributed by atoms with E-state index in [9.17, 15) is 8.42 Å². The third kappa shape index (κ3) is 5.46. The standard InChI is InChI=1S/C9H13NO3S.H2O/c1-8-4-2-6-10-9(8)5-3-7-14(11,12)13;/h2,4,6H,3,5,7H2,1H3,(H,11,12,13);1H2. The van der Waals surface area contributed by atoms with E-state index in [1.54, 1.807) is 6.20 Å². The lowest BCUT2D eigenvalue weighted by molar-refractivity contribution is 0.481. The fraction of sp³-hybridized carbons (Fsp3) is 0.444. The predicted molar refractivity (Wildman–Crippen MR) is 57.3 cm³/mol. The van der Waals surface area contributed by atoms with E-state index >= 15 is 0 Å². The van der Waals surface area contributed by atoms with E-state index in [0.717, 1.165) is 11.3 Å². The largest absolute Gasteiger partial charge is 0.412 e. The summed E-state index contributed by atoms with van der Waals surface area (Å²) in [4.78, 5) is 4.12. The maximum Gasteiger partial charge on any atom is 0.264 e. The number of hydrogen-bond acceptors (Lipinski definition) is 3. The summed E-state index contributed by atoms with van der Waals surface area (Å²) in [6.07, 6.45) is 2.65. The Morgan fingerprint density at radius 3 is 2.67 bits per heavy atom. The van der Waals surface area contributed by atoms with Gasteiger partial charge < -0.3 is 5.48 Å². The zero-order chi connectivity index (χ0) is 10.6. The van der Waals surface area contributed by atoms with Gasteiger partial charge in [0.2, 0.25) is 0 Å². The summed E-state index contributed by atoms with van der Waals surface area (Å²) in [7, 11) is -3.83. The van der Waals surface area contributed by atoms with Crippen LogP contribution in [0.1, 0.15) is 17.7 Å². The van der Waals surface area contributed by atoms with Crippen LogP contribution in [0.3, 0.4) is 0 Å². The molecule has 6 heteroatoms. The zero-order valence-electron chi connectivity index (χ0n) is 8.47. The highest BCUT2D eigenvalue weighted by Crippen LogP contribution is 2.06. The van der Waals surface area contributed by atoms with Gasteiger partial charge in [-0.3, -0.25) is 9.54 Å². The number of nitrogens with zero attached hydrogens (tertiary/aromatic N) is 1. The summed E-state index contributed by atoms with van der Waals surface area (Å²) >= 11 is 0. The quantitative estimate of drug-likeness (QED) is 0.760. The highest BCUT2D eigenvalue weighted by atomic mass is 32.2. The SMILES string of the molecule is Cc1cccnc1CCCS(=O)(=O)O.O. The van der Waals surface area contributed by atoms with Crippen LogP contribution in [0.5, 0.6) is 0 Å². The average molecular weight is 233 g/mol. The molecule has 0 aliphatic heterocycles. The van der Waals surface area contributed by atoms with E-state index < -0.39 is 10.1 Å². The molecule has 0 amide bonds. The van der Waals surface area contributed by atoms with E-state index in [4.69, 9.17) is 4.55 Å². The van der Waals surface area contributed by atoms with Gasteiger partial charge in [-0.25, -0.2) is 0 Å². The molecular weight excluding hydrogens is 218 g/mol. The molecule has 0 unspecified atom stereocenters. The van der Waals surface area contributed by atoms with Crippen molar-refractivity contribution in [3.05, 3.63) is 29.6 Å². The van der Waals surface area contributed by atoms with Crippen LogP contribution in [0.25, 0.3) is 0 Å². The van der Waals surface area contributed by atoms with Crippen LogP contribution >= 0.6 is 0 Å². The monoisotopic (exact) mass is 233 g/mol. The summed E-state index contributed by atoms with van der Waals surface area (Å²) in [6.45, 7) is 1.93.